The predicted molar refractivity (Wildman–Crippen MR) is 153 cm³/mol. The van der Waals surface area contributed by atoms with Crippen molar-refractivity contribution in [2.45, 2.75) is 82.5 Å². The zero-order valence-corrected chi connectivity index (χ0v) is 26.1. The fourth-order valence-electron chi connectivity index (χ4n) is 2.36. The lowest BCUT2D eigenvalue weighted by Gasteiger charge is -2.12. The molecule has 0 heterocycles. The molecular formula is C24H42F9N7O9. The summed E-state index contributed by atoms with van der Waals surface area (Å²) in [6.07, 6.45) is -10.9. The van der Waals surface area contributed by atoms with Gasteiger partial charge in [0.25, 0.3) is 11.8 Å². The summed E-state index contributed by atoms with van der Waals surface area (Å²) in [6.45, 7) is 5.12. The number of nitrogens with one attached hydrogen (secondary N) is 3. The van der Waals surface area contributed by atoms with Crippen molar-refractivity contribution >= 4 is 35.7 Å². The van der Waals surface area contributed by atoms with Crippen molar-refractivity contribution in [3.05, 3.63) is 0 Å². The Bertz CT molecular complexity index is 936. The van der Waals surface area contributed by atoms with E-state index in [0.29, 0.717) is 19.6 Å². The van der Waals surface area contributed by atoms with E-state index in [9.17, 15) is 54.2 Å². The number of aliphatic imine (C=N–C) groups is 1. The third-order valence-corrected chi connectivity index (χ3v) is 4.76. The van der Waals surface area contributed by atoms with E-state index in [-0.39, 0.29) is 12.0 Å². The second kappa shape index (κ2) is 27.8. The van der Waals surface area contributed by atoms with Crippen LogP contribution in [0.1, 0.15) is 51.9 Å². The first kappa shape index (κ1) is 51.7. The van der Waals surface area contributed by atoms with Crippen LogP contribution in [0.3, 0.4) is 0 Å². The highest BCUT2D eigenvalue weighted by Gasteiger charge is 2.39. The molecule has 0 aromatic heterocycles. The molecule has 0 rings (SSSR count). The molecule has 0 saturated heterocycles. The minimum atomic E-state index is -5.08. The Morgan fingerprint density at radius 1 is 0.633 bits per heavy atom. The number of carbonyl (C=O) groups is 5. The number of alkyl halides is 9. The second-order valence-electron chi connectivity index (χ2n) is 9.34. The average Bonchev–Trinajstić information content (AvgIpc) is 2.94. The van der Waals surface area contributed by atoms with Crippen LogP contribution in [-0.2, 0) is 24.0 Å². The van der Waals surface area contributed by atoms with Gasteiger partial charge in [0.1, 0.15) is 0 Å². The van der Waals surface area contributed by atoms with Crippen LogP contribution in [-0.4, -0.2) is 120 Å². The average molecular weight is 744 g/mol. The van der Waals surface area contributed by atoms with Crippen molar-refractivity contribution in [2.75, 3.05) is 32.7 Å². The third-order valence-electron chi connectivity index (χ3n) is 4.76. The van der Waals surface area contributed by atoms with E-state index >= 15 is 0 Å². The number of aliphatic carboxylic acids is 3. The summed E-state index contributed by atoms with van der Waals surface area (Å²) in [6, 6.07) is 0.190. The van der Waals surface area contributed by atoms with Gasteiger partial charge in [-0.25, -0.2) is 14.4 Å². The van der Waals surface area contributed by atoms with Gasteiger partial charge < -0.3 is 53.6 Å². The van der Waals surface area contributed by atoms with Crippen molar-refractivity contribution in [2.24, 2.45) is 22.2 Å². The third kappa shape index (κ3) is 40.0. The molecule has 0 spiro atoms. The molecule has 0 radical (unpaired) electrons. The first-order valence-corrected chi connectivity index (χ1v) is 13.8. The van der Waals surface area contributed by atoms with Crippen LogP contribution >= 0.6 is 0 Å². The number of carboxylic acid groups (broad SMARTS) is 3. The zero-order chi connectivity index (χ0) is 39.4. The molecule has 13 N–H and O–H groups in total. The number of hydrogen-bond donors (Lipinski definition) is 10. The summed E-state index contributed by atoms with van der Waals surface area (Å²) in [4.78, 5) is 54.1. The molecule has 0 aliphatic heterocycles. The van der Waals surface area contributed by atoms with Crippen molar-refractivity contribution in [3.8, 4) is 0 Å². The van der Waals surface area contributed by atoms with Crippen LogP contribution in [0.4, 0.5) is 39.5 Å². The number of aliphatic hydroxyl groups is 1. The number of nitrogens with zero attached hydrogens (tertiary/aromatic N) is 1. The highest BCUT2D eigenvalue weighted by Crippen LogP contribution is 2.14. The van der Waals surface area contributed by atoms with E-state index in [2.05, 4.69) is 20.9 Å². The fourth-order valence-corrected chi connectivity index (χ4v) is 2.36. The maximum atomic E-state index is 11.8. The van der Waals surface area contributed by atoms with Gasteiger partial charge in [0, 0.05) is 25.7 Å². The molecule has 25 heteroatoms. The molecule has 2 unspecified atom stereocenters. The molecule has 2 amide bonds. The summed E-state index contributed by atoms with van der Waals surface area (Å²) in [5.41, 5.74) is 16.1. The first-order valence-electron chi connectivity index (χ1n) is 13.8. The predicted octanol–water partition coefficient (Wildman–Crippen LogP) is 0.421. The van der Waals surface area contributed by atoms with E-state index in [4.69, 9.17) is 46.9 Å². The van der Waals surface area contributed by atoms with Crippen LogP contribution < -0.4 is 33.2 Å². The van der Waals surface area contributed by atoms with Crippen LogP contribution in [0.15, 0.2) is 4.99 Å². The maximum absolute atomic E-state index is 11.8. The number of guanidine groups is 1. The van der Waals surface area contributed by atoms with E-state index in [1.54, 1.807) is 0 Å². The van der Waals surface area contributed by atoms with Gasteiger partial charge in [0.15, 0.2) is 5.96 Å². The molecule has 290 valence electrons. The maximum Gasteiger partial charge on any atom is 0.490 e. The largest absolute Gasteiger partial charge is 0.490 e. The summed E-state index contributed by atoms with van der Waals surface area (Å²) in [5.74, 6) is -9.52. The Morgan fingerprint density at radius 2 is 0.959 bits per heavy atom. The van der Waals surface area contributed by atoms with Crippen LogP contribution in [0, 0.1) is 0 Å². The summed E-state index contributed by atoms with van der Waals surface area (Å²) in [7, 11) is 0. The molecule has 16 nitrogen and oxygen atoms in total. The lowest BCUT2D eigenvalue weighted by atomic mass is 10.2. The van der Waals surface area contributed by atoms with Gasteiger partial charge in [-0.1, -0.05) is 12.8 Å². The molecule has 49 heavy (non-hydrogen) atoms. The topological polar surface area (TPSA) is 293 Å². The van der Waals surface area contributed by atoms with E-state index in [1.165, 1.54) is 0 Å². The number of rotatable bonds is 17. The number of hydrogen-bond acceptors (Lipinski definition) is 9. The van der Waals surface area contributed by atoms with Crippen LogP contribution in [0.2, 0.25) is 0 Å². The Morgan fingerprint density at radius 3 is 1.29 bits per heavy atom. The Kier molecular flexibility index (Phi) is 29.3. The van der Waals surface area contributed by atoms with Crippen molar-refractivity contribution in [1.29, 1.82) is 0 Å². The van der Waals surface area contributed by atoms with Crippen molar-refractivity contribution in [1.82, 2.24) is 16.0 Å². The summed E-state index contributed by atoms with van der Waals surface area (Å²) >= 11 is 0. The SMILES string of the molecule is CC(N)CCNCCCCNC(=O)C(O)C(=O)NCCCCCCN=C(N)N.O=C(O)C(F)(F)F.O=C(O)C(F)(F)F.O=C(O)C(F)(F)F. The fraction of sp³-hybridized carbons (Fsp3) is 0.750. The molecule has 0 aromatic rings. The van der Waals surface area contributed by atoms with Gasteiger partial charge in [-0.3, -0.25) is 14.6 Å². The first-order chi connectivity index (χ1) is 22.2. The van der Waals surface area contributed by atoms with Crippen molar-refractivity contribution in [3.63, 3.8) is 0 Å². The minimum absolute atomic E-state index is 0.0911. The number of halogens is 9. The van der Waals surface area contributed by atoms with Crippen molar-refractivity contribution < 1.29 is 83.9 Å². The molecule has 0 bridgehead atoms. The zero-order valence-electron chi connectivity index (χ0n) is 26.1. The molecule has 2 atom stereocenters. The number of carboxylic acids is 3. The highest BCUT2D eigenvalue weighted by atomic mass is 19.4. The lowest BCUT2D eigenvalue weighted by Crippen LogP contribution is -2.46. The summed E-state index contributed by atoms with van der Waals surface area (Å²) < 4.78 is 95.2. The molecule has 0 aliphatic carbocycles. The van der Waals surface area contributed by atoms with Gasteiger partial charge in [-0.15, -0.1) is 0 Å². The number of aliphatic hydroxyl groups excluding tert-OH is 1. The number of carbonyl (C=O) groups excluding carboxylic acids is 2. The normalized spacial score (nSPS) is 12.2. The quantitative estimate of drug-likeness (QED) is 0.0318. The molecule has 0 saturated carbocycles. The lowest BCUT2D eigenvalue weighted by molar-refractivity contribution is -0.193. The van der Waals surface area contributed by atoms with Crippen LogP contribution in [0.25, 0.3) is 0 Å². The minimum Gasteiger partial charge on any atom is -0.475 e. The van der Waals surface area contributed by atoms with Gasteiger partial charge in [0.2, 0.25) is 6.10 Å². The smallest absolute Gasteiger partial charge is 0.475 e. The van der Waals surface area contributed by atoms with Gasteiger partial charge in [-0.2, -0.15) is 39.5 Å². The van der Waals surface area contributed by atoms with E-state index in [1.807, 2.05) is 6.92 Å². The monoisotopic (exact) mass is 743 g/mol. The van der Waals surface area contributed by atoms with Gasteiger partial charge in [0.05, 0.1) is 0 Å². The Hall–Kier alpha value is -4.13. The second-order valence-corrected chi connectivity index (χ2v) is 9.34. The molecule has 0 fully saturated rings. The molecular weight excluding hydrogens is 701 g/mol. The Labute approximate surface area is 273 Å². The van der Waals surface area contributed by atoms with E-state index < -0.39 is 54.4 Å². The van der Waals surface area contributed by atoms with Crippen LogP contribution in [0.5, 0.6) is 0 Å². The van der Waals surface area contributed by atoms with E-state index in [0.717, 1.165) is 58.0 Å². The van der Waals surface area contributed by atoms with Gasteiger partial charge >= 0.3 is 36.4 Å². The molecule has 0 aromatic carbocycles. The number of unbranched alkanes of at least 4 members (excludes halogenated alkanes) is 4. The number of amides is 2. The Balaban J connectivity index is -0.000000386. The highest BCUT2D eigenvalue weighted by molar-refractivity contribution is 6.02. The summed E-state index contributed by atoms with van der Waals surface area (Å²) in [5, 5.41) is 39.5. The number of nitrogens with two attached hydrogens (primary N) is 3. The standard InChI is InChI=1S/C18H39N7O3.3C2HF3O2/c1-14(19)8-13-22-9-6-7-11-24-17(28)15(26)16(27)23-10-4-2-3-5-12-25-18(20)21;3*3-2(4,5)1(6)7/h14-15,22,26H,2-13,19H2,1H3,(H,23,27)(H,24,28)(H4,20,21,25);3*(H,6,7). The molecule has 0 aliphatic rings. The van der Waals surface area contributed by atoms with Gasteiger partial charge in [-0.05, 0) is 52.1 Å².